The first-order valence-corrected chi connectivity index (χ1v) is 11.6. The molecule has 1 atom stereocenters. The molecule has 2 heterocycles. The summed E-state index contributed by atoms with van der Waals surface area (Å²) in [4.78, 5) is 49.9. The number of hydrogen-bond acceptors (Lipinski definition) is 7. The van der Waals surface area contributed by atoms with Crippen LogP contribution in [0.5, 0.6) is 0 Å². The normalized spacial score (nSPS) is 20.2. The first-order chi connectivity index (χ1) is 17.5. The lowest BCUT2D eigenvalue weighted by molar-refractivity contribution is -0.192. The van der Waals surface area contributed by atoms with Gasteiger partial charge in [-0.1, -0.05) is 66.7 Å². The van der Waals surface area contributed by atoms with Gasteiger partial charge < -0.3 is 14.4 Å². The Balaban J connectivity index is 1.83. The van der Waals surface area contributed by atoms with Crippen molar-refractivity contribution in [2.24, 2.45) is 5.41 Å². The number of para-hydroxylation sites is 2. The van der Waals surface area contributed by atoms with Gasteiger partial charge in [0, 0.05) is 12.0 Å². The third-order valence-corrected chi connectivity index (χ3v) is 7.00. The second-order valence-corrected chi connectivity index (χ2v) is 8.71. The number of esters is 2. The Morgan fingerprint density at radius 2 is 1.44 bits per heavy atom. The summed E-state index contributed by atoms with van der Waals surface area (Å²) >= 11 is 0. The highest BCUT2D eigenvalue weighted by Gasteiger charge is 2.76. The van der Waals surface area contributed by atoms with Crippen molar-refractivity contribution in [3.05, 3.63) is 96.1 Å². The Labute approximate surface area is 208 Å². The highest BCUT2D eigenvalue weighted by atomic mass is 16.7. The molecule has 3 aromatic rings. The Morgan fingerprint density at radius 1 is 0.861 bits per heavy atom. The molecule has 0 radical (unpaired) electrons. The number of hydroxylamine groups is 1. The fourth-order valence-electron chi connectivity index (χ4n) is 5.47. The molecule has 3 aromatic carbocycles. The fourth-order valence-corrected chi connectivity index (χ4v) is 5.47. The number of hydrogen-bond donors (Lipinski definition) is 0. The van der Waals surface area contributed by atoms with Crippen LogP contribution >= 0.6 is 0 Å². The summed E-state index contributed by atoms with van der Waals surface area (Å²) in [6.07, 6.45) is -0.102. The van der Waals surface area contributed by atoms with Gasteiger partial charge in [-0.3, -0.25) is 19.2 Å². The summed E-state index contributed by atoms with van der Waals surface area (Å²) < 4.78 is 10.4. The average molecular weight is 487 g/mol. The van der Waals surface area contributed by atoms with Crippen molar-refractivity contribution in [3.8, 4) is 0 Å². The van der Waals surface area contributed by atoms with Gasteiger partial charge in [-0.15, -0.1) is 0 Å². The molecule has 1 unspecified atom stereocenters. The Bertz CT molecular complexity index is 1280. The van der Waals surface area contributed by atoms with Crippen LogP contribution in [0.15, 0.2) is 84.9 Å². The van der Waals surface area contributed by atoms with E-state index in [1.807, 2.05) is 48.5 Å². The zero-order valence-electron chi connectivity index (χ0n) is 20.0. The molecule has 0 aromatic heterocycles. The second kappa shape index (κ2) is 9.13. The third kappa shape index (κ3) is 3.14. The molecule has 2 aliphatic rings. The lowest BCUT2D eigenvalue weighted by Crippen LogP contribution is -2.71. The maximum Gasteiger partial charge on any atom is 0.326 e. The number of nitrogens with zero attached hydrogens (tertiary/aromatic N) is 2. The van der Waals surface area contributed by atoms with Crippen LogP contribution in [-0.2, 0) is 40.8 Å². The Kier molecular flexibility index (Phi) is 5.97. The summed E-state index contributed by atoms with van der Waals surface area (Å²) in [5, 5.41) is 1.40. The number of carbonyl (C=O) groups is 3. The Hall–Kier alpha value is -4.17. The van der Waals surface area contributed by atoms with E-state index >= 15 is 0 Å². The van der Waals surface area contributed by atoms with Gasteiger partial charge >= 0.3 is 11.9 Å². The number of benzene rings is 3. The van der Waals surface area contributed by atoms with E-state index in [0.717, 1.165) is 5.56 Å². The lowest BCUT2D eigenvalue weighted by Gasteiger charge is -2.52. The zero-order chi connectivity index (χ0) is 25.3. The number of ether oxygens (including phenoxy) is 2. The van der Waals surface area contributed by atoms with Crippen molar-refractivity contribution in [2.45, 2.75) is 18.5 Å². The number of amides is 1. The van der Waals surface area contributed by atoms with E-state index < -0.39 is 28.8 Å². The van der Waals surface area contributed by atoms with Crippen molar-refractivity contribution < 1.29 is 28.7 Å². The van der Waals surface area contributed by atoms with Crippen molar-refractivity contribution in [1.29, 1.82) is 0 Å². The largest absolute Gasteiger partial charge is 0.468 e. The maximum absolute atomic E-state index is 14.8. The predicted molar refractivity (Wildman–Crippen MR) is 132 cm³/mol. The molecule has 1 fully saturated rings. The molecule has 0 N–H and O–H groups in total. The molecule has 8 nitrogen and oxygen atoms in total. The van der Waals surface area contributed by atoms with Crippen LogP contribution in [0.1, 0.15) is 17.5 Å². The molecular weight excluding hydrogens is 460 g/mol. The third-order valence-electron chi connectivity index (χ3n) is 7.00. The summed E-state index contributed by atoms with van der Waals surface area (Å²) in [6.45, 7) is 0.231. The van der Waals surface area contributed by atoms with E-state index in [-0.39, 0.29) is 19.6 Å². The predicted octanol–water partition coefficient (Wildman–Crippen LogP) is 3.60. The smallest absolute Gasteiger partial charge is 0.326 e. The molecule has 8 heteroatoms. The van der Waals surface area contributed by atoms with Gasteiger partial charge in [0.15, 0.2) is 5.54 Å². The van der Waals surface area contributed by atoms with Crippen molar-refractivity contribution in [2.75, 3.05) is 30.8 Å². The second-order valence-electron chi connectivity index (χ2n) is 8.71. The molecule has 0 bridgehead atoms. The van der Waals surface area contributed by atoms with Gasteiger partial charge in [0.05, 0.1) is 38.7 Å². The SMILES string of the molecule is COC(=O)C1(C(=O)OC)CCON(c2ccccc2)C12C(=O)N(Cc1ccccc1)c1ccccc12. The topological polar surface area (TPSA) is 85.4 Å². The van der Waals surface area contributed by atoms with E-state index in [1.54, 1.807) is 41.3 Å². The van der Waals surface area contributed by atoms with Crippen LogP contribution in [0.2, 0.25) is 0 Å². The number of anilines is 2. The average Bonchev–Trinajstić information content (AvgIpc) is 3.17. The van der Waals surface area contributed by atoms with Crippen LogP contribution in [0.4, 0.5) is 11.4 Å². The summed E-state index contributed by atoms with van der Waals surface area (Å²) in [6, 6.07) is 25.6. The van der Waals surface area contributed by atoms with Crippen LogP contribution in [0.3, 0.4) is 0 Å². The molecule has 5 rings (SSSR count). The molecule has 1 amide bonds. The minimum Gasteiger partial charge on any atom is -0.468 e. The van der Waals surface area contributed by atoms with Gasteiger partial charge in [-0.05, 0) is 23.8 Å². The molecular formula is C28H26N2O6. The van der Waals surface area contributed by atoms with E-state index in [4.69, 9.17) is 14.3 Å². The minimum atomic E-state index is -2.02. The molecule has 1 saturated heterocycles. The van der Waals surface area contributed by atoms with Crippen molar-refractivity contribution in [1.82, 2.24) is 0 Å². The quantitative estimate of drug-likeness (QED) is 0.402. The number of carbonyl (C=O) groups excluding carboxylic acids is 3. The van der Waals surface area contributed by atoms with E-state index in [9.17, 15) is 14.4 Å². The first-order valence-electron chi connectivity index (χ1n) is 11.6. The lowest BCUT2D eigenvalue weighted by atomic mass is 9.62. The molecule has 184 valence electrons. The molecule has 2 aliphatic heterocycles. The van der Waals surface area contributed by atoms with Crippen LogP contribution in [0, 0.1) is 5.41 Å². The van der Waals surface area contributed by atoms with Crippen molar-refractivity contribution in [3.63, 3.8) is 0 Å². The minimum absolute atomic E-state index is 0.00498. The van der Waals surface area contributed by atoms with Crippen LogP contribution in [-0.4, -0.2) is 38.7 Å². The van der Waals surface area contributed by atoms with E-state index in [0.29, 0.717) is 16.9 Å². The van der Waals surface area contributed by atoms with Gasteiger partial charge in [0.1, 0.15) is 0 Å². The highest BCUT2D eigenvalue weighted by Crippen LogP contribution is 2.59. The first kappa shape index (κ1) is 23.6. The number of fused-ring (bicyclic) bond motifs is 2. The summed E-state index contributed by atoms with van der Waals surface area (Å²) in [5.74, 6) is -2.20. The molecule has 0 aliphatic carbocycles. The monoisotopic (exact) mass is 486 g/mol. The van der Waals surface area contributed by atoms with Crippen LogP contribution in [0.25, 0.3) is 0 Å². The number of methoxy groups -OCH3 is 2. The van der Waals surface area contributed by atoms with Crippen LogP contribution < -0.4 is 9.96 Å². The Morgan fingerprint density at radius 3 is 2.08 bits per heavy atom. The van der Waals surface area contributed by atoms with E-state index in [2.05, 4.69) is 0 Å². The van der Waals surface area contributed by atoms with Gasteiger partial charge in [0.25, 0.3) is 5.91 Å². The standard InChI is InChI=1S/C28H26N2O6/c1-34-25(32)27(26(33)35-2)17-18-36-30(21-13-7-4-8-14-21)28(27)22-15-9-10-16-23(22)29(24(28)31)19-20-11-5-3-6-12-20/h3-16H,17-19H2,1-2H3. The maximum atomic E-state index is 14.8. The number of rotatable bonds is 5. The fraction of sp³-hybridized carbons (Fsp3) is 0.250. The molecule has 36 heavy (non-hydrogen) atoms. The summed E-state index contributed by atoms with van der Waals surface area (Å²) in [5.41, 5.74) is -1.48. The summed E-state index contributed by atoms with van der Waals surface area (Å²) in [7, 11) is 2.41. The van der Waals surface area contributed by atoms with Gasteiger partial charge in [-0.2, -0.15) is 0 Å². The van der Waals surface area contributed by atoms with Crippen molar-refractivity contribution >= 4 is 29.2 Å². The zero-order valence-corrected chi connectivity index (χ0v) is 20.0. The van der Waals surface area contributed by atoms with Gasteiger partial charge in [-0.25, -0.2) is 5.06 Å². The molecule has 0 saturated carbocycles. The highest BCUT2D eigenvalue weighted by molar-refractivity contribution is 6.18. The molecule has 1 spiro atoms. The van der Waals surface area contributed by atoms with E-state index in [1.165, 1.54) is 19.3 Å². The van der Waals surface area contributed by atoms with Gasteiger partial charge in [0.2, 0.25) is 5.41 Å².